The van der Waals surface area contributed by atoms with Crippen molar-refractivity contribution >= 4 is 34.8 Å². The number of nitrogens with one attached hydrogen (secondary N) is 1. The van der Waals surface area contributed by atoms with Crippen molar-refractivity contribution in [3.8, 4) is 5.75 Å². The lowest BCUT2D eigenvalue weighted by Crippen LogP contribution is -2.12. The van der Waals surface area contributed by atoms with E-state index in [9.17, 15) is 4.79 Å². The lowest BCUT2D eigenvalue weighted by Gasteiger charge is -2.10. The van der Waals surface area contributed by atoms with Gasteiger partial charge in [0.2, 0.25) is 0 Å². The number of ether oxygens (including phenoxy) is 1. The molecule has 1 N–H and O–H groups in total. The smallest absolute Gasteiger partial charge is 0.255 e. The lowest BCUT2D eigenvalue weighted by atomic mass is 10.1. The molecule has 3 nitrogen and oxygen atoms in total. The standard InChI is InChI=1S/C21H17Cl2NO2/c1-14-5-2-3-8-20(14)24-21(25)16-6-4-7-17(12-16)26-13-15-9-10-18(22)19(23)11-15/h2-12H,13H2,1H3,(H,24,25). The van der Waals surface area contributed by atoms with Gasteiger partial charge in [0.15, 0.2) is 0 Å². The first-order valence-electron chi connectivity index (χ1n) is 8.07. The number of amides is 1. The largest absolute Gasteiger partial charge is 0.489 e. The number of carbonyl (C=O) groups is 1. The number of para-hydroxylation sites is 1. The minimum atomic E-state index is -0.181. The molecular weight excluding hydrogens is 369 g/mol. The maximum Gasteiger partial charge on any atom is 0.255 e. The van der Waals surface area contributed by atoms with Crippen molar-refractivity contribution in [2.75, 3.05) is 5.32 Å². The predicted molar refractivity (Wildman–Crippen MR) is 106 cm³/mol. The molecule has 0 unspecified atom stereocenters. The van der Waals surface area contributed by atoms with Crippen molar-refractivity contribution < 1.29 is 9.53 Å². The third kappa shape index (κ3) is 4.57. The van der Waals surface area contributed by atoms with Crippen molar-refractivity contribution in [2.45, 2.75) is 13.5 Å². The first kappa shape index (κ1) is 18.3. The fourth-order valence-electron chi connectivity index (χ4n) is 2.43. The number of anilines is 1. The van der Waals surface area contributed by atoms with Crippen LogP contribution in [0.3, 0.4) is 0 Å². The van der Waals surface area contributed by atoms with Gasteiger partial charge in [-0.1, -0.05) is 53.5 Å². The van der Waals surface area contributed by atoms with Crippen LogP contribution in [0.4, 0.5) is 5.69 Å². The van der Waals surface area contributed by atoms with Gasteiger partial charge < -0.3 is 10.1 Å². The topological polar surface area (TPSA) is 38.3 Å². The number of carbonyl (C=O) groups excluding carboxylic acids is 1. The summed E-state index contributed by atoms with van der Waals surface area (Å²) in [4.78, 5) is 12.5. The lowest BCUT2D eigenvalue weighted by molar-refractivity contribution is 0.102. The number of aryl methyl sites for hydroxylation is 1. The highest BCUT2D eigenvalue weighted by atomic mass is 35.5. The van der Waals surface area contributed by atoms with E-state index in [0.29, 0.717) is 28.0 Å². The highest BCUT2D eigenvalue weighted by Crippen LogP contribution is 2.24. The normalized spacial score (nSPS) is 10.4. The molecule has 0 saturated heterocycles. The summed E-state index contributed by atoms with van der Waals surface area (Å²) in [5, 5.41) is 3.90. The van der Waals surface area contributed by atoms with Gasteiger partial charge in [-0.2, -0.15) is 0 Å². The van der Waals surface area contributed by atoms with Gasteiger partial charge in [0.25, 0.3) is 5.91 Å². The molecule has 0 aliphatic rings. The Hall–Kier alpha value is -2.49. The van der Waals surface area contributed by atoms with Crippen molar-refractivity contribution in [1.82, 2.24) is 0 Å². The molecule has 0 fully saturated rings. The second kappa shape index (κ2) is 8.26. The van der Waals surface area contributed by atoms with Gasteiger partial charge in [0, 0.05) is 11.3 Å². The van der Waals surface area contributed by atoms with Crippen molar-refractivity contribution in [2.24, 2.45) is 0 Å². The van der Waals surface area contributed by atoms with Crippen LogP contribution in [0, 0.1) is 6.92 Å². The molecule has 0 saturated carbocycles. The average Bonchev–Trinajstić information content (AvgIpc) is 2.65. The van der Waals surface area contributed by atoms with Gasteiger partial charge in [0.1, 0.15) is 12.4 Å². The van der Waals surface area contributed by atoms with Crippen LogP contribution in [0.15, 0.2) is 66.7 Å². The van der Waals surface area contributed by atoms with Crippen LogP contribution in [0.5, 0.6) is 5.75 Å². The van der Waals surface area contributed by atoms with Gasteiger partial charge in [-0.3, -0.25) is 4.79 Å². The summed E-state index contributed by atoms with van der Waals surface area (Å²) in [6.07, 6.45) is 0. The Kier molecular flexibility index (Phi) is 5.82. The maximum atomic E-state index is 12.5. The zero-order chi connectivity index (χ0) is 18.5. The first-order valence-corrected chi connectivity index (χ1v) is 8.82. The van der Waals surface area contributed by atoms with E-state index in [-0.39, 0.29) is 5.91 Å². The molecule has 0 bridgehead atoms. The summed E-state index contributed by atoms with van der Waals surface area (Å²) in [6.45, 7) is 2.28. The van der Waals surface area contributed by atoms with E-state index in [1.54, 1.807) is 30.3 Å². The number of benzene rings is 3. The third-order valence-electron chi connectivity index (χ3n) is 3.88. The van der Waals surface area contributed by atoms with Crippen LogP contribution in [-0.2, 0) is 6.61 Å². The number of halogens is 2. The molecule has 0 spiro atoms. The van der Waals surface area contributed by atoms with Gasteiger partial charge in [-0.25, -0.2) is 0 Å². The summed E-state index contributed by atoms with van der Waals surface area (Å²) >= 11 is 11.9. The molecule has 0 atom stereocenters. The average molecular weight is 386 g/mol. The monoisotopic (exact) mass is 385 g/mol. The zero-order valence-electron chi connectivity index (χ0n) is 14.1. The molecule has 5 heteroatoms. The molecule has 1 amide bonds. The van der Waals surface area contributed by atoms with Crippen molar-refractivity contribution in [3.63, 3.8) is 0 Å². The van der Waals surface area contributed by atoms with E-state index in [2.05, 4.69) is 5.32 Å². The highest BCUT2D eigenvalue weighted by Gasteiger charge is 2.09. The molecule has 26 heavy (non-hydrogen) atoms. The van der Waals surface area contributed by atoms with Gasteiger partial charge in [0.05, 0.1) is 10.0 Å². The second-order valence-corrected chi connectivity index (χ2v) is 6.65. The Balaban J connectivity index is 1.68. The summed E-state index contributed by atoms with van der Waals surface area (Å²) in [5.41, 5.74) is 3.22. The van der Waals surface area contributed by atoms with Crippen LogP contribution in [0.25, 0.3) is 0 Å². The summed E-state index contributed by atoms with van der Waals surface area (Å²) < 4.78 is 5.77. The summed E-state index contributed by atoms with van der Waals surface area (Å²) in [5.74, 6) is 0.424. The molecule has 3 aromatic carbocycles. The van der Waals surface area contributed by atoms with E-state index in [1.165, 1.54) is 0 Å². The number of hydrogen-bond donors (Lipinski definition) is 1. The van der Waals surface area contributed by atoms with E-state index in [4.69, 9.17) is 27.9 Å². The van der Waals surface area contributed by atoms with E-state index in [0.717, 1.165) is 16.8 Å². The summed E-state index contributed by atoms with van der Waals surface area (Å²) in [7, 11) is 0. The molecule has 0 heterocycles. The Morgan fingerprint density at radius 3 is 2.54 bits per heavy atom. The van der Waals surface area contributed by atoms with Crippen LogP contribution in [0.1, 0.15) is 21.5 Å². The first-order chi connectivity index (χ1) is 12.5. The van der Waals surface area contributed by atoms with E-state index < -0.39 is 0 Å². The Bertz CT molecular complexity index is 941. The van der Waals surface area contributed by atoms with Crippen molar-refractivity contribution in [3.05, 3.63) is 93.5 Å². The molecule has 0 aliphatic carbocycles. The van der Waals surface area contributed by atoms with E-state index >= 15 is 0 Å². The van der Waals surface area contributed by atoms with E-state index in [1.807, 2.05) is 43.3 Å². The Labute approximate surface area is 162 Å². The van der Waals surface area contributed by atoms with Gasteiger partial charge >= 0.3 is 0 Å². The minimum Gasteiger partial charge on any atom is -0.489 e. The van der Waals surface area contributed by atoms with Crippen LogP contribution in [-0.4, -0.2) is 5.91 Å². The van der Waals surface area contributed by atoms with Crippen LogP contribution < -0.4 is 10.1 Å². The summed E-state index contributed by atoms with van der Waals surface area (Å²) in [6, 6.07) is 20.0. The minimum absolute atomic E-state index is 0.181. The molecule has 3 rings (SSSR count). The maximum absolute atomic E-state index is 12.5. The van der Waals surface area contributed by atoms with Crippen LogP contribution in [0.2, 0.25) is 10.0 Å². The van der Waals surface area contributed by atoms with Gasteiger partial charge in [-0.15, -0.1) is 0 Å². The molecule has 0 radical (unpaired) electrons. The van der Waals surface area contributed by atoms with Gasteiger partial charge in [-0.05, 0) is 54.4 Å². The zero-order valence-corrected chi connectivity index (χ0v) is 15.6. The highest BCUT2D eigenvalue weighted by molar-refractivity contribution is 6.42. The Morgan fingerprint density at radius 2 is 1.77 bits per heavy atom. The number of hydrogen-bond acceptors (Lipinski definition) is 2. The second-order valence-electron chi connectivity index (χ2n) is 5.83. The fourth-order valence-corrected chi connectivity index (χ4v) is 2.75. The predicted octanol–water partition coefficient (Wildman–Crippen LogP) is 6.13. The Morgan fingerprint density at radius 1 is 0.962 bits per heavy atom. The molecule has 132 valence electrons. The van der Waals surface area contributed by atoms with Crippen LogP contribution >= 0.6 is 23.2 Å². The fraction of sp³-hybridized carbons (Fsp3) is 0.0952. The molecule has 0 aromatic heterocycles. The number of rotatable bonds is 5. The molecular formula is C21H17Cl2NO2. The molecule has 0 aliphatic heterocycles. The SMILES string of the molecule is Cc1ccccc1NC(=O)c1cccc(OCc2ccc(Cl)c(Cl)c2)c1. The third-order valence-corrected chi connectivity index (χ3v) is 4.62. The quantitative estimate of drug-likeness (QED) is 0.573. The molecule has 3 aromatic rings. The van der Waals surface area contributed by atoms with Crippen molar-refractivity contribution in [1.29, 1.82) is 0 Å².